The number of anilines is 1. The highest BCUT2D eigenvalue weighted by molar-refractivity contribution is 6.01. The number of aliphatic hydroxyl groups is 1. The van der Waals surface area contributed by atoms with E-state index in [-0.39, 0.29) is 17.9 Å². The largest absolute Gasteiger partial charge is 0.493 e. The Labute approximate surface area is 119 Å². The minimum Gasteiger partial charge on any atom is -0.493 e. The fraction of sp³-hybridized carbons (Fsp3) is 0.533. The van der Waals surface area contributed by atoms with Crippen molar-refractivity contribution in [3.63, 3.8) is 0 Å². The first-order chi connectivity index (χ1) is 9.62. The van der Waals surface area contributed by atoms with Crippen LogP contribution in [0, 0.1) is 5.41 Å². The Kier molecular flexibility index (Phi) is 4.49. The number of aliphatic hydroxyl groups excluding tert-OH is 1. The summed E-state index contributed by atoms with van der Waals surface area (Å²) in [6, 6.07) is 5.21. The molecule has 1 aromatic carbocycles. The van der Waals surface area contributed by atoms with Gasteiger partial charge in [0.1, 0.15) is 11.3 Å². The smallest absolute Gasteiger partial charge is 0.257 e. The average molecular weight is 278 g/mol. The van der Waals surface area contributed by atoms with Crippen LogP contribution >= 0.6 is 0 Å². The zero-order chi connectivity index (χ0) is 14.6. The maximum Gasteiger partial charge on any atom is 0.257 e. The summed E-state index contributed by atoms with van der Waals surface area (Å²) in [5, 5.41) is 11.9. The molecule has 0 atom stereocenters. The van der Waals surface area contributed by atoms with Gasteiger partial charge in [-0.15, -0.1) is 0 Å². The van der Waals surface area contributed by atoms with E-state index in [1.54, 1.807) is 18.2 Å². The molecule has 110 valence electrons. The summed E-state index contributed by atoms with van der Waals surface area (Å²) in [6.07, 6.45) is 2.84. The lowest BCUT2D eigenvalue weighted by Crippen LogP contribution is -2.31. The Morgan fingerprint density at radius 3 is 2.85 bits per heavy atom. The van der Waals surface area contributed by atoms with Crippen molar-refractivity contribution in [3.8, 4) is 5.75 Å². The molecule has 1 aromatic rings. The highest BCUT2D eigenvalue weighted by Gasteiger charge is 2.42. The van der Waals surface area contributed by atoms with Crippen molar-refractivity contribution in [3.05, 3.63) is 23.8 Å². The van der Waals surface area contributed by atoms with Crippen LogP contribution in [0.25, 0.3) is 0 Å². The zero-order valence-electron chi connectivity index (χ0n) is 11.8. The topological polar surface area (TPSA) is 84.6 Å². The Balaban J connectivity index is 2.05. The van der Waals surface area contributed by atoms with Gasteiger partial charge in [-0.1, -0.05) is 6.07 Å². The van der Waals surface area contributed by atoms with Crippen LogP contribution in [0.5, 0.6) is 5.75 Å². The van der Waals surface area contributed by atoms with Gasteiger partial charge in [0, 0.05) is 18.8 Å². The number of hydrogen-bond acceptors (Lipinski definition) is 4. The van der Waals surface area contributed by atoms with E-state index >= 15 is 0 Å². The maximum atomic E-state index is 12.3. The normalized spacial score (nSPS) is 15.7. The highest BCUT2D eigenvalue weighted by atomic mass is 16.5. The minimum atomic E-state index is -0.212. The molecule has 1 fully saturated rings. The number of ether oxygens (including phenoxy) is 1. The van der Waals surface area contributed by atoms with Gasteiger partial charge in [-0.05, 0) is 43.7 Å². The van der Waals surface area contributed by atoms with Crippen LogP contribution in [-0.4, -0.2) is 30.8 Å². The van der Waals surface area contributed by atoms with Gasteiger partial charge in [-0.2, -0.15) is 0 Å². The molecule has 0 spiro atoms. The van der Waals surface area contributed by atoms with Crippen LogP contribution < -0.4 is 15.8 Å². The molecule has 0 aromatic heterocycles. The summed E-state index contributed by atoms with van der Waals surface area (Å²) < 4.78 is 5.45. The summed E-state index contributed by atoms with van der Waals surface area (Å²) in [5.41, 5.74) is 6.78. The zero-order valence-corrected chi connectivity index (χ0v) is 11.8. The van der Waals surface area contributed by atoms with Crippen molar-refractivity contribution in [2.75, 3.05) is 25.5 Å². The molecule has 0 heterocycles. The average Bonchev–Trinajstić information content (AvgIpc) is 3.17. The van der Waals surface area contributed by atoms with Gasteiger partial charge in [0.15, 0.2) is 0 Å². The number of nitrogens with one attached hydrogen (secondary N) is 1. The van der Waals surface area contributed by atoms with E-state index in [0.717, 1.165) is 19.3 Å². The van der Waals surface area contributed by atoms with E-state index in [9.17, 15) is 4.79 Å². The number of carbonyl (C=O) groups is 1. The lowest BCUT2D eigenvalue weighted by Gasteiger charge is -2.16. The maximum absolute atomic E-state index is 12.3. The summed E-state index contributed by atoms with van der Waals surface area (Å²) in [4.78, 5) is 12.3. The van der Waals surface area contributed by atoms with Gasteiger partial charge in [0.05, 0.1) is 6.61 Å². The van der Waals surface area contributed by atoms with E-state index in [1.807, 2.05) is 6.92 Å². The predicted molar refractivity (Wildman–Crippen MR) is 77.7 cm³/mol. The molecule has 1 amide bonds. The fourth-order valence-electron chi connectivity index (χ4n) is 2.35. The van der Waals surface area contributed by atoms with E-state index in [2.05, 4.69) is 5.32 Å². The van der Waals surface area contributed by atoms with Crippen LogP contribution in [0.3, 0.4) is 0 Å². The van der Waals surface area contributed by atoms with Crippen molar-refractivity contribution < 1.29 is 14.6 Å². The Morgan fingerprint density at radius 1 is 1.50 bits per heavy atom. The van der Waals surface area contributed by atoms with Crippen LogP contribution in [0.2, 0.25) is 0 Å². The molecule has 0 saturated heterocycles. The molecule has 0 bridgehead atoms. The molecule has 0 aliphatic heterocycles. The summed E-state index contributed by atoms with van der Waals surface area (Å²) in [7, 11) is 0. The fourth-order valence-corrected chi connectivity index (χ4v) is 2.35. The molecule has 1 aliphatic carbocycles. The number of hydrogen-bond donors (Lipinski definition) is 3. The molecule has 20 heavy (non-hydrogen) atoms. The second-order valence-corrected chi connectivity index (χ2v) is 5.31. The summed E-state index contributed by atoms with van der Waals surface area (Å²) >= 11 is 0. The van der Waals surface area contributed by atoms with Crippen molar-refractivity contribution in [2.24, 2.45) is 5.41 Å². The lowest BCUT2D eigenvalue weighted by molar-refractivity contribution is 0.0938. The predicted octanol–water partition coefficient (Wildman–Crippen LogP) is 1.56. The second-order valence-electron chi connectivity index (χ2n) is 5.31. The first-order valence-corrected chi connectivity index (χ1v) is 7.02. The molecule has 0 radical (unpaired) electrons. The molecule has 1 saturated carbocycles. The molecule has 1 aliphatic rings. The third-order valence-corrected chi connectivity index (χ3v) is 3.81. The Bertz CT molecular complexity index is 484. The summed E-state index contributed by atoms with van der Waals surface area (Å²) in [5.74, 6) is 0.299. The Hall–Kier alpha value is -1.75. The van der Waals surface area contributed by atoms with Crippen LogP contribution in [0.15, 0.2) is 18.2 Å². The molecular weight excluding hydrogens is 256 g/mol. The van der Waals surface area contributed by atoms with Gasteiger partial charge >= 0.3 is 0 Å². The molecule has 5 heteroatoms. The minimum absolute atomic E-state index is 0.0831. The van der Waals surface area contributed by atoms with Crippen LogP contribution in [0.1, 0.15) is 36.5 Å². The third-order valence-electron chi connectivity index (χ3n) is 3.81. The number of nitrogens with two attached hydrogens (primary N) is 1. The van der Waals surface area contributed by atoms with Crippen molar-refractivity contribution in [1.29, 1.82) is 0 Å². The number of benzene rings is 1. The van der Waals surface area contributed by atoms with Crippen molar-refractivity contribution in [1.82, 2.24) is 5.32 Å². The number of nitrogen functional groups attached to an aromatic ring is 1. The van der Waals surface area contributed by atoms with Gasteiger partial charge < -0.3 is 20.9 Å². The molecule has 2 rings (SSSR count). The van der Waals surface area contributed by atoms with Gasteiger partial charge in [0.25, 0.3) is 5.91 Å². The SMILES string of the molecule is CCOc1cccc(N)c1C(=O)NCC1(CCO)CC1. The first-order valence-electron chi connectivity index (χ1n) is 7.02. The highest BCUT2D eigenvalue weighted by Crippen LogP contribution is 2.48. The van der Waals surface area contributed by atoms with Crippen LogP contribution in [-0.2, 0) is 0 Å². The van der Waals surface area contributed by atoms with E-state index in [0.29, 0.717) is 30.2 Å². The Morgan fingerprint density at radius 2 is 2.25 bits per heavy atom. The van der Waals surface area contributed by atoms with Crippen molar-refractivity contribution >= 4 is 11.6 Å². The molecule has 4 N–H and O–H groups in total. The van der Waals surface area contributed by atoms with Crippen molar-refractivity contribution in [2.45, 2.75) is 26.2 Å². The first kappa shape index (κ1) is 14.7. The monoisotopic (exact) mass is 278 g/mol. The second kappa shape index (κ2) is 6.13. The lowest BCUT2D eigenvalue weighted by atomic mass is 10.0. The summed E-state index contributed by atoms with van der Waals surface area (Å²) in [6.45, 7) is 3.09. The van der Waals surface area contributed by atoms with E-state index in [4.69, 9.17) is 15.6 Å². The van der Waals surface area contributed by atoms with Gasteiger partial charge in [-0.3, -0.25) is 4.79 Å². The van der Waals surface area contributed by atoms with Gasteiger partial charge in [-0.25, -0.2) is 0 Å². The van der Waals surface area contributed by atoms with E-state index < -0.39 is 0 Å². The van der Waals surface area contributed by atoms with Gasteiger partial charge in [0.2, 0.25) is 0 Å². The molecule has 5 nitrogen and oxygen atoms in total. The quantitative estimate of drug-likeness (QED) is 0.661. The third kappa shape index (κ3) is 3.22. The standard InChI is InChI=1S/C15H22N2O3/c1-2-20-12-5-3-4-11(16)13(12)14(19)17-10-15(6-7-15)8-9-18/h3-5,18H,2,6-10,16H2,1H3,(H,17,19). The number of rotatable bonds is 7. The number of carbonyl (C=O) groups excluding carboxylic acids is 1. The number of amides is 1. The van der Waals surface area contributed by atoms with Crippen LogP contribution in [0.4, 0.5) is 5.69 Å². The van der Waals surface area contributed by atoms with E-state index in [1.165, 1.54) is 0 Å². The molecular formula is C15H22N2O3. The molecule has 0 unspecified atom stereocenters.